The van der Waals surface area contributed by atoms with Crippen LogP contribution in [0.5, 0.6) is 0 Å². The highest BCUT2D eigenvalue weighted by atomic mass is 19.4. The minimum atomic E-state index is -4.52. The van der Waals surface area contributed by atoms with E-state index < -0.39 is 23.8 Å². The van der Waals surface area contributed by atoms with Crippen molar-refractivity contribution in [3.63, 3.8) is 0 Å². The van der Waals surface area contributed by atoms with Gasteiger partial charge in [-0.25, -0.2) is 4.98 Å². The molecule has 2 aliphatic rings. The van der Waals surface area contributed by atoms with Crippen molar-refractivity contribution in [2.75, 3.05) is 0 Å². The molecule has 29 heavy (non-hydrogen) atoms. The third-order valence-corrected chi connectivity index (χ3v) is 6.04. The number of nitrogens with zero attached hydrogens (tertiary/aromatic N) is 2. The summed E-state index contributed by atoms with van der Waals surface area (Å²) >= 11 is 0. The van der Waals surface area contributed by atoms with E-state index in [2.05, 4.69) is 4.98 Å². The summed E-state index contributed by atoms with van der Waals surface area (Å²) in [4.78, 5) is 16.8. The van der Waals surface area contributed by atoms with E-state index in [9.17, 15) is 18.0 Å². The summed E-state index contributed by atoms with van der Waals surface area (Å²) in [6.45, 7) is 0.437. The number of aryl methyl sites for hydroxylation is 1. The van der Waals surface area contributed by atoms with Gasteiger partial charge in [-0.05, 0) is 31.2 Å². The standard InChI is InChI=1S/C22H25F3N2O2/c23-22(24,25)18-14-27-13-7-12-17(20(27)26-18)21(28)29-19(15-8-3-1-4-9-15)16-10-5-2-6-11-16/h1,3-4,8-9,14,16-17,19H,2,5-7,10-13H2. The van der Waals surface area contributed by atoms with Crippen LogP contribution in [0.4, 0.5) is 13.2 Å². The molecule has 4 nitrogen and oxygen atoms in total. The predicted octanol–water partition coefficient (Wildman–Crippen LogP) is 5.64. The lowest BCUT2D eigenvalue weighted by molar-refractivity contribution is -0.156. The first-order valence-electron chi connectivity index (χ1n) is 10.3. The minimum absolute atomic E-state index is 0.170. The number of hydrogen-bond donors (Lipinski definition) is 0. The molecule has 2 atom stereocenters. The smallest absolute Gasteiger partial charge is 0.434 e. The zero-order valence-corrected chi connectivity index (χ0v) is 16.2. The highest BCUT2D eigenvalue weighted by Crippen LogP contribution is 2.39. The molecule has 7 heteroatoms. The highest BCUT2D eigenvalue weighted by molar-refractivity contribution is 5.77. The fourth-order valence-corrected chi connectivity index (χ4v) is 4.57. The van der Waals surface area contributed by atoms with Gasteiger partial charge in [0, 0.05) is 18.7 Å². The van der Waals surface area contributed by atoms with Crippen LogP contribution in [0.15, 0.2) is 36.5 Å². The van der Waals surface area contributed by atoms with Gasteiger partial charge in [0.2, 0.25) is 0 Å². The molecular formula is C22H25F3N2O2. The molecule has 0 saturated heterocycles. The van der Waals surface area contributed by atoms with Crippen molar-refractivity contribution in [1.29, 1.82) is 0 Å². The van der Waals surface area contributed by atoms with Crippen molar-refractivity contribution in [3.8, 4) is 0 Å². The third kappa shape index (κ3) is 4.33. The lowest BCUT2D eigenvalue weighted by atomic mass is 9.82. The maximum Gasteiger partial charge on any atom is 0.434 e. The Labute approximate surface area is 168 Å². The molecule has 2 aromatic rings. The average molecular weight is 406 g/mol. The second kappa shape index (κ2) is 8.20. The molecule has 1 aliphatic heterocycles. The van der Waals surface area contributed by atoms with Gasteiger partial charge in [0.25, 0.3) is 0 Å². The molecule has 2 heterocycles. The summed E-state index contributed by atoms with van der Waals surface area (Å²) in [5.41, 5.74) is 0.00183. The third-order valence-electron chi connectivity index (χ3n) is 6.04. The number of halogens is 3. The Morgan fingerprint density at radius 2 is 1.79 bits per heavy atom. The minimum Gasteiger partial charge on any atom is -0.457 e. The lowest BCUT2D eigenvalue weighted by Crippen LogP contribution is -2.28. The Balaban J connectivity index is 1.58. The SMILES string of the molecule is O=C(OC(c1ccccc1)C1CCCCC1)C1CCCn2cc(C(F)(F)F)nc21. The van der Waals surface area contributed by atoms with Crippen molar-refractivity contribution in [3.05, 3.63) is 53.6 Å². The van der Waals surface area contributed by atoms with Gasteiger partial charge < -0.3 is 9.30 Å². The van der Waals surface area contributed by atoms with E-state index >= 15 is 0 Å². The van der Waals surface area contributed by atoms with Crippen molar-refractivity contribution in [1.82, 2.24) is 9.55 Å². The first kappa shape index (κ1) is 20.0. The van der Waals surface area contributed by atoms with Crippen molar-refractivity contribution in [2.45, 2.75) is 69.7 Å². The predicted molar refractivity (Wildman–Crippen MR) is 101 cm³/mol. The number of hydrogen-bond acceptors (Lipinski definition) is 3. The Hall–Kier alpha value is -2.31. The van der Waals surface area contributed by atoms with E-state index in [1.54, 1.807) is 0 Å². The van der Waals surface area contributed by atoms with Crippen molar-refractivity contribution in [2.24, 2.45) is 5.92 Å². The Morgan fingerprint density at radius 3 is 2.48 bits per heavy atom. The molecule has 156 valence electrons. The number of alkyl halides is 3. The molecule has 0 amide bonds. The van der Waals surface area contributed by atoms with Gasteiger partial charge in [0.05, 0.1) is 0 Å². The lowest BCUT2D eigenvalue weighted by Gasteiger charge is -2.32. The summed E-state index contributed by atoms with van der Waals surface area (Å²) in [5.74, 6) is -0.812. The number of carbonyl (C=O) groups excluding carboxylic acids is 1. The van der Waals surface area contributed by atoms with Gasteiger partial charge >= 0.3 is 12.1 Å². The number of carbonyl (C=O) groups is 1. The van der Waals surface area contributed by atoms with Crippen LogP contribution in [0.3, 0.4) is 0 Å². The van der Waals surface area contributed by atoms with Crippen LogP contribution < -0.4 is 0 Å². The number of ether oxygens (including phenoxy) is 1. The Morgan fingerprint density at radius 1 is 1.07 bits per heavy atom. The monoisotopic (exact) mass is 406 g/mol. The number of rotatable bonds is 4. The summed E-state index contributed by atoms with van der Waals surface area (Å²) < 4.78 is 46.7. The summed E-state index contributed by atoms with van der Waals surface area (Å²) in [7, 11) is 0. The van der Waals surface area contributed by atoms with Crippen molar-refractivity contribution >= 4 is 5.97 Å². The molecule has 1 fully saturated rings. The quantitative estimate of drug-likeness (QED) is 0.617. The number of benzene rings is 1. The maximum atomic E-state index is 13.1. The molecule has 1 aromatic carbocycles. The Kier molecular flexibility index (Phi) is 5.65. The van der Waals surface area contributed by atoms with Crippen LogP contribution in [0.1, 0.15) is 74.0 Å². The van der Waals surface area contributed by atoms with Crippen molar-refractivity contribution < 1.29 is 22.7 Å². The van der Waals surface area contributed by atoms with Gasteiger partial charge in [-0.3, -0.25) is 4.79 Å². The normalized spacial score (nSPS) is 21.4. The van der Waals surface area contributed by atoms with E-state index in [1.807, 2.05) is 30.3 Å². The van der Waals surface area contributed by atoms with E-state index in [1.165, 1.54) is 11.0 Å². The summed E-state index contributed by atoms with van der Waals surface area (Å²) in [6, 6.07) is 9.66. The van der Waals surface area contributed by atoms with Crippen LogP contribution in [-0.4, -0.2) is 15.5 Å². The molecule has 1 saturated carbocycles. The zero-order valence-electron chi connectivity index (χ0n) is 16.2. The molecular weight excluding hydrogens is 381 g/mol. The molecule has 0 spiro atoms. The number of esters is 1. The summed E-state index contributed by atoms with van der Waals surface area (Å²) in [6.07, 6.45) is 2.58. The number of fused-ring (bicyclic) bond motifs is 1. The fraction of sp³-hybridized carbons (Fsp3) is 0.545. The van der Waals surface area contributed by atoms with Gasteiger partial charge in [-0.15, -0.1) is 0 Å². The first-order chi connectivity index (χ1) is 13.9. The highest BCUT2D eigenvalue weighted by Gasteiger charge is 2.39. The van der Waals surface area contributed by atoms with Gasteiger partial charge in [0.15, 0.2) is 5.69 Å². The second-order valence-corrected chi connectivity index (χ2v) is 8.04. The van der Waals surface area contributed by atoms with Crippen LogP contribution in [0.25, 0.3) is 0 Å². The molecule has 0 N–H and O–H groups in total. The maximum absolute atomic E-state index is 13.1. The number of imidazole rings is 1. The first-order valence-corrected chi connectivity index (χ1v) is 10.3. The molecule has 2 unspecified atom stereocenters. The van der Waals surface area contributed by atoms with Gasteiger partial charge in [-0.1, -0.05) is 49.6 Å². The molecule has 1 aromatic heterocycles. The Bertz CT molecular complexity index is 841. The van der Waals surface area contributed by atoms with Crippen LogP contribution in [0, 0.1) is 5.92 Å². The van der Waals surface area contributed by atoms with E-state index in [0.29, 0.717) is 19.4 Å². The summed E-state index contributed by atoms with van der Waals surface area (Å²) in [5, 5.41) is 0. The molecule has 1 aliphatic carbocycles. The van der Waals surface area contributed by atoms with E-state index in [0.717, 1.165) is 37.4 Å². The van der Waals surface area contributed by atoms with Crippen LogP contribution in [0.2, 0.25) is 0 Å². The van der Waals surface area contributed by atoms with E-state index in [-0.39, 0.29) is 17.8 Å². The zero-order chi connectivity index (χ0) is 20.4. The largest absolute Gasteiger partial charge is 0.457 e. The topological polar surface area (TPSA) is 44.1 Å². The van der Waals surface area contributed by atoms with Crippen LogP contribution >= 0.6 is 0 Å². The fourth-order valence-electron chi connectivity index (χ4n) is 4.57. The number of aromatic nitrogens is 2. The van der Waals surface area contributed by atoms with Gasteiger partial charge in [-0.2, -0.15) is 13.2 Å². The molecule has 0 bridgehead atoms. The molecule has 4 rings (SSSR count). The second-order valence-electron chi connectivity index (χ2n) is 8.04. The average Bonchev–Trinajstić information content (AvgIpc) is 3.18. The van der Waals surface area contributed by atoms with E-state index in [4.69, 9.17) is 4.74 Å². The van der Waals surface area contributed by atoms with Crippen LogP contribution in [-0.2, 0) is 22.3 Å². The van der Waals surface area contributed by atoms with Gasteiger partial charge in [0.1, 0.15) is 17.8 Å². The molecule has 0 radical (unpaired) electrons.